The molecule has 0 amide bonds. The summed E-state index contributed by atoms with van der Waals surface area (Å²) < 4.78 is 5.36. The fourth-order valence-corrected chi connectivity index (χ4v) is 2.01. The molecule has 0 aliphatic carbocycles. The van der Waals surface area contributed by atoms with Crippen LogP contribution in [0, 0.1) is 0 Å². The Balaban J connectivity index is 2.18. The van der Waals surface area contributed by atoms with Crippen LogP contribution in [0.4, 0.5) is 0 Å². The third kappa shape index (κ3) is 3.02. The van der Waals surface area contributed by atoms with Gasteiger partial charge in [-0.25, -0.2) is 0 Å². The van der Waals surface area contributed by atoms with E-state index in [0.29, 0.717) is 16.5 Å². The number of hydrogen-bond acceptors (Lipinski definition) is 5. The van der Waals surface area contributed by atoms with Crippen molar-refractivity contribution in [2.75, 3.05) is 0 Å². The molecule has 1 N–H and O–H groups in total. The van der Waals surface area contributed by atoms with Gasteiger partial charge in [0.15, 0.2) is 0 Å². The van der Waals surface area contributed by atoms with Crippen LogP contribution in [-0.2, 0) is 4.79 Å². The van der Waals surface area contributed by atoms with Gasteiger partial charge in [-0.15, -0.1) is 10.2 Å². The summed E-state index contributed by atoms with van der Waals surface area (Å²) in [6.45, 7) is 1.55. The molecule has 7 heteroatoms. The van der Waals surface area contributed by atoms with Gasteiger partial charge in [0.1, 0.15) is 5.25 Å². The Hall–Kier alpha value is -1.53. The topological polar surface area (TPSA) is 76.2 Å². The molecule has 1 aromatic heterocycles. The van der Waals surface area contributed by atoms with E-state index in [1.54, 1.807) is 31.2 Å². The Morgan fingerprint density at radius 2 is 2.28 bits per heavy atom. The van der Waals surface area contributed by atoms with Gasteiger partial charge in [0.25, 0.3) is 5.22 Å². The average molecular weight is 285 g/mol. The first-order valence-corrected chi connectivity index (χ1v) is 6.31. The van der Waals surface area contributed by atoms with Crippen LogP contribution in [0.2, 0.25) is 5.02 Å². The quantitative estimate of drug-likeness (QED) is 0.870. The Morgan fingerprint density at radius 3 is 2.94 bits per heavy atom. The van der Waals surface area contributed by atoms with Crippen LogP contribution >= 0.6 is 23.4 Å². The predicted octanol–water partition coefficient (Wildman–Crippen LogP) is 2.96. The summed E-state index contributed by atoms with van der Waals surface area (Å²) in [6, 6.07) is 7.00. The summed E-state index contributed by atoms with van der Waals surface area (Å²) in [4.78, 5) is 10.7. The summed E-state index contributed by atoms with van der Waals surface area (Å²) in [5, 5.41) is 16.6. The SMILES string of the molecule is C[C@H](Sc1nnc(-c2cccc(Cl)c2)o1)C(=O)O. The lowest BCUT2D eigenvalue weighted by atomic mass is 10.2. The van der Waals surface area contributed by atoms with E-state index in [9.17, 15) is 4.79 Å². The minimum Gasteiger partial charge on any atom is -0.480 e. The highest BCUT2D eigenvalue weighted by Crippen LogP contribution is 2.27. The number of carboxylic acid groups (broad SMARTS) is 1. The third-order valence-electron chi connectivity index (χ3n) is 2.10. The van der Waals surface area contributed by atoms with E-state index < -0.39 is 11.2 Å². The maximum absolute atomic E-state index is 10.7. The molecule has 0 bridgehead atoms. The first-order chi connectivity index (χ1) is 8.56. The first-order valence-electron chi connectivity index (χ1n) is 5.05. The van der Waals surface area contributed by atoms with Crippen molar-refractivity contribution in [3.8, 4) is 11.5 Å². The molecule has 18 heavy (non-hydrogen) atoms. The van der Waals surface area contributed by atoms with Gasteiger partial charge in [-0.2, -0.15) is 0 Å². The van der Waals surface area contributed by atoms with Crippen molar-refractivity contribution in [1.82, 2.24) is 10.2 Å². The van der Waals surface area contributed by atoms with Crippen molar-refractivity contribution in [2.45, 2.75) is 17.4 Å². The van der Waals surface area contributed by atoms with E-state index in [1.807, 2.05) is 0 Å². The number of rotatable bonds is 4. The standard InChI is InChI=1S/C11H9ClN2O3S/c1-6(10(15)16)18-11-14-13-9(17-11)7-3-2-4-8(12)5-7/h2-6H,1H3,(H,15,16)/t6-/m0/s1. The highest BCUT2D eigenvalue weighted by molar-refractivity contribution is 8.00. The Bertz CT molecular complexity index is 573. The summed E-state index contributed by atoms with van der Waals surface area (Å²) in [7, 11) is 0. The minimum absolute atomic E-state index is 0.222. The van der Waals surface area contributed by atoms with Crippen molar-refractivity contribution in [3.63, 3.8) is 0 Å². The minimum atomic E-state index is -0.928. The molecule has 94 valence electrons. The molecule has 0 aliphatic rings. The Kier molecular flexibility index (Phi) is 3.88. The molecule has 0 radical (unpaired) electrons. The Morgan fingerprint density at radius 1 is 1.50 bits per heavy atom. The highest BCUT2D eigenvalue weighted by atomic mass is 35.5. The number of carbonyl (C=O) groups is 1. The van der Waals surface area contributed by atoms with Crippen molar-refractivity contribution in [1.29, 1.82) is 0 Å². The van der Waals surface area contributed by atoms with E-state index in [-0.39, 0.29) is 5.22 Å². The van der Waals surface area contributed by atoms with Crippen LogP contribution in [0.3, 0.4) is 0 Å². The number of carboxylic acids is 1. The summed E-state index contributed by atoms with van der Waals surface area (Å²) in [5.74, 6) is -0.611. The van der Waals surface area contributed by atoms with Gasteiger partial charge < -0.3 is 9.52 Å². The number of benzene rings is 1. The molecule has 0 saturated carbocycles. The van der Waals surface area contributed by atoms with Gasteiger partial charge in [0.2, 0.25) is 5.89 Å². The molecule has 0 saturated heterocycles. The van der Waals surface area contributed by atoms with E-state index in [2.05, 4.69) is 10.2 Å². The first kappa shape index (κ1) is 12.9. The van der Waals surface area contributed by atoms with E-state index in [4.69, 9.17) is 21.1 Å². The highest BCUT2D eigenvalue weighted by Gasteiger charge is 2.17. The molecule has 0 spiro atoms. The average Bonchev–Trinajstić information content (AvgIpc) is 2.77. The molecule has 2 rings (SSSR count). The number of thioether (sulfide) groups is 1. The van der Waals surface area contributed by atoms with Crippen LogP contribution < -0.4 is 0 Å². The molecular formula is C11H9ClN2O3S. The maximum atomic E-state index is 10.7. The van der Waals surface area contributed by atoms with Crippen LogP contribution in [0.15, 0.2) is 33.9 Å². The molecular weight excluding hydrogens is 276 g/mol. The van der Waals surface area contributed by atoms with E-state index in [0.717, 1.165) is 11.8 Å². The second kappa shape index (κ2) is 5.41. The second-order valence-electron chi connectivity index (χ2n) is 3.48. The monoisotopic (exact) mass is 284 g/mol. The van der Waals surface area contributed by atoms with E-state index in [1.165, 1.54) is 0 Å². The summed E-state index contributed by atoms with van der Waals surface area (Å²) in [6.07, 6.45) is 0. The predicted molar refractivity (Wildman–Crippen MR) is 67.7 cm³/mol. The van der Waals surface area contributed by atoms with Gasteiger partial charge in [-0.05, 0) is 25.1 Å². The number of aliphatic carboxylic acids is 1. The number of halogens is 1. The molecule has 0 fully saturated rings. The van der Waals surface area contributed by atoms with Gasteiger partial charge >= 0.3 is 5.97 Å². The molecule has 1 aromatic carbocycles. The molecule has 0 unspecified atom stereocenters. The Labute approximate surface area is 112 Å². The fraction of sp³-hybridized carbons (Fsp3) is 0.182. The van der Waals surface area contributed by atoms with Gasteiger partial charge in [0, 0.05) is 10.6 Å². The van der Waals surface area contributed by atoms with Crippen molar-refractivity contribution in [2.24, 2.45) is 0 Å². The van der Waals surface area contributed by atoms with Gasteiger partial charge in [-0.3, -0.25) is 4.79 Å². The fourth-order valence-electron chi connectivity index (χ4n) is 1.20. The number of hydrogen-bond donors (Lipinski definition) is 1. The molecule has 5 nitrogen and oxygen atoms in total. The lowest BCUT2D eigenvalue weighted by molar-refractivity contribution is -0.136. The van der Waals surface area contributed by atoms with Crippen molar-refractivity contribution >= 4 is 29.3 Å². The van der Waals surface area contributed by atoms with Crippen molar-refractivity contribution < 1.29 is 14.3 Å². The smallest absolute Gasteiger partial charge is 0.316 e. The van der Waals surface area contributed by atoms with Crippen LogP contribution in [0.1, 0.15) is 6.92 Å². The summed E-state index contributed by atoms with van der Waals surface area (Å²) >= 11 is 6.85. The number of nitrogens with zero attached hydrogens (tertiary/aromatic N) is 2. The molecule has 1 atom stereocenters. The number of aromatic nitrogens is 2. The van der Waals surface area contributed by atoms with Crippen molar-refractivity contribution in [3.05, 3.63) is 29.3 Å². The molecule has 1 heterocycles. The van der Waals surface area contributed by atoms with Gasteiger partial charge in [0.05, 0.1) is 0 Å². The van der Waals surface area contributed by atoms with Crippen LogP contribution in [0.5, 0.6) is 0 Å². The zero-order valence-electron chi connectivity index (χ0n) is 9.33. The van der Waals surface area contributed by atoms with Crippen LogP contribution in [-0.4, -0.2) is 26.5 Å². The van der Waals surface area contributed by atoms with Gasteiger partial charge in [-0.1, -0.05) is 29.4 Å². The molecule has 2 aromatic rings. The normalized spacial score (nSPS) is 12.3. The lowest BCUT2D eigenvalue weighted by Gasteiger charge is -1.99. The third-order valence-corrected chi connectivity index (χ3v) is 3.26. The zero-order chi connectivity index (χ0) is 13.1. The second-order valence-corrected chi connectivity index (χ2v) is 5.21. The summed E-state index contributed by atoms with van der Waals surface area (Å²) in [5.41, 5.74) is 0.699. The van der Waals surface area contributed by atoms with Crippen LogP contribution in [0.25, 0.3) is 11.5 Å². The largest absolute Gasteiger partial charge is 0.480 e. The lowest BCUT2D eigenvalue weighted by Crippen LogP contribution is -2.10. The van der Waals surface area contributed by atoms with E-state index >= 15 is 0 Å². The maximum Gasteiger partial charge on any atom is 0.316 e. The molecule has 0 aliphatic heterocycles. The zero-order valence-corrected chi connectivity index (χ0v) is 10.9.